The highest BCUT2D eigenvalue weighted by atomic mass is 16.5. The lowest BCUT2D eigenvalue weighted by Crippen LogP contribution is -2.04. The van der Waals surface area contributed by atoms with Crippen LogP contribution in [-0.2, 0) is 6.42 Å². The standard InChI is InChI=1S/C17H17NO2/c1-11-9-14(20-2)4-5-15(11)17(19)13-3-6-16-12(10-13)7-8-18-16/h3-6,9-10,18H,7-8H2,1-2H3. The number of benzene rings is 2. The average molecular weight is 267 g/mol. The number of fused-ring (bicyclic) bond motifs is 1. The molecule has 20 heavy (non-hydrogen) atoms. The average Bonchev–Trinajstić information content (AvgIpc) is 2.93. The monoisotopic (exact) mass is 267 g/mol. The fraction of sp³-hybridized carbons (Fsp3) is 0.235. The SMILES string of the molecule is COc1ccc(C(=O)c2ccc3c(c2)CCN3)c(C)c1. The van der Waals surface area contributed by atoms with Gasteiger partial charge in [-0.25, -0.2) is 0 Å². The second kappa shape index (κ2) is 5.00. The van der Waals surface area contributed by atoms with Crippen molar-refractivity contribution in [3.63, 3.8) is 0 Å². The molecular formula is C17H17NO2. The van der Waals surface area contributed by atoms with E-state index in [4.69, 9.17) is 4.74 Å². The van der Waals surface area contributed by atoms with Gasteiger partial charge >= 0.3 is 0 Å². The zero-order valence-corrected chi connectivity index (χ0v) is 11.7. The number of ketones is 1. The normalized spacial score (nSPS) is 12.7. The summed E-state index contributed by atoms with van der Waals surface area (Å²) >= 11 is 0. The molecule has 3 heteroatoms. The summed E-state index contributed by atoms with van der Waals surface area (Å²) in [5, 5.41) is 3.30. The van der Waals surface area contributed by atoms with Crippen molar-refractivity contribution in [3.8, 4) is 5.75 Å². The maximum atomic E-state index is 12.6. The molecule has 2 aromatic rings. The Labute approximate surface area is 118 Å². The Morgan fingerprint density at radius 1 is 1.20 bits per heavy atom. The first-order valence-electron chi connectivity index (χ1n) is 6.75. The Morgan fingerprint density at radius 2 is 2.05 bits per heavy atom. The molecule has 3 rings (SSSR count). The first-order chi connectivity index (χ1) is 9.69. The first-order valence-corrected chi connectivity index (χ1v) is 6.75. The number of methoxy groups -OCH3 is 1. The van der Waals surface area contributed by atoms with Gasteiger partial charge in [-0.2, -0.15) is 0 Å². The molecule has 0 aliphatic carbocycles. The summed E-state index contributed by atoms with van der Waals surface area (Å²) in [7, 11) is 1.63. The molecule has 0 unspecified atom stereocenters. The summed E-state index contributed by atoms with van der Waals surface area (Å²) in [5.74, 6) is 0.844. The third-order valence-electron chi connectivity index (χ3n) is 3.76. The van der Waals surface area contributed by atoms with Crippen LogP contribution in [0.25, 0.3) is 0 Å². The lowest BCUT2D eigenvalue weighted by molar-refractivity contribution is 0.103. The van der Waals surface area contributed by atoms with Gasteiger partial charge in [-0.3, -0.25) is 4.79 Å². The van der Waals surface area contributed by atoms with Crippen LogP contribution in [0.2, 0.25) is 0 Å². The maximum Gasteiger partial charge on any atom is 0.193 e. The van der Waals surface area contributed by atoms with Crippen LogP contribution in [0.15, 0.2) is 36.4 Å². The van der Waals surface area contributed by atoms with Crippen molar-refractivity contribution >= 4 is 11.5 Å². The van der Waals surface area contributed by atoms with Gasteiger partial charge in [0, 0.05) is 23.4 Å². The van der Waals surface area contributed by atoms with Crippen LogP contribution in [0.1, 0.15) is 27.0 Å². The third kappa shape index (κ3) is 2.16. The summed E-state index contributed by atoms with van der Waals surface area (Å²) in [4.78, 5) is 12.6. The smallest absolute Gasteiger partial charge is 0.193 e. The minimum absolute atomic E-state index is 0.0693. The molecule has 0 bridgehead atoms. The summed E-state index contributed by atoms with van der Waals surface area (Å²) in [6.07, 6.45) is 0.984. The molecule has 1 aliphatic rings. The number of nitrogens with one attached hydrogen (secondary N) is 1. The third-order valence-corrected chi connectivity index (χ3v) is 3.76. The fourth-order valence-corrected chi connectivity index (χ4v) is 2.62. The van der Waals surface area contributed by atoms with Crippen LogP contribution >= 0.6 is 0 Å². The van der Waals surface area contributed by atoms with E-state index in [1.54, 1.807) is 7.11 Å². The topological polar surface area (TPSA) is 38.3 Å². The number of rotatable bonds is 3. The van der Waals surface area contributed by atoms with Gasteiger partial charge in [0.05, 0.1) is 7.11 Å². The van der Waals surface area contributed by atoms with Gasteiger partial charge in [0.1, 0.15) is 5.75 Å². The number of aryl methyl sites for hydroxylation is 1. The number of carbonyl (C=O) groups is 1. The lowest BCUT2D eigenvalue weighted by atomic mass is 9.97. The Balaban J connectivity index is 1.96. The van der Waals surface area contributed by atoms with E-state index in [1.165, 1.54) is 5.56 Å². The molecule has 0 atom stereocenters. The van der Waals surface area contributed by atoms with E-state index < -0.39 is 0 Å². The van der Waals surface area contributed by atoms with Gasteiger partial charge in [-0.1, -0.05) is 0 Å². The van der Waals surface area contributed by atoms with E-state index >= 15 is 0 Å². The Morgan fingerprint density at radius 3 is 2.80 bits per heavy atom. The van der Waals surface area contributed by atoms with E-state index in [2.05, 4.69) is 5.32 Å². The quantitative estimate of drug-likeness (QED) is 0.868. The molecule has 2 aromatic carbocycles. The molecule has 0 saturated heterocycles. The van der Waals surface area contributed by atoms with Crippen LogP contribution in [0, 0.1) is 6.92 Å². The molecule has 102 valence electrons. The highest BCUT2D eigenvalue weighted by molar-refractivity contribution is 6.10. The zero-order valence-electron chi connectivity index (χ0n) is 11.7. The Kier molecular flexibility index (Phi) is 3.18. The van der Waals surface area contributed by atoms with Crippen molar-refractivity contribution in [1.29, 1.82) is 0 Å². The number of ether oxygens (including phenoxy) is 1. The molecule has 1 aliphatic heterocycles. The molecule has 1 N–H and O–H groups in total. The minimum Gasteiger partial charge on any atom is -0.497 e. The Bertz CT molecular complexity index is 677. The van der Waals surface area contributed by atoms with Crippen molar-refractivity contribution < 1.29 is 9.53 Å². The highest BCUT2D eigenvalue weighted by Gasteiger charge is 2.16. The molecule has 3 nitrogen and oxygen atoms in total. The van der Waals surface area contributed by atoms with Gasteiger partial charge in [0.15, 0.2) is 5.78 Å². The van der Waals surface area contributed by atoms with Gasteiger partial charge in [0.25, 0.3) is 0 Å². The maximum absolute atomic E-state index is 12.6. The summed E-state index contributed by atoms with van der Waals surface area (Å²) in [6.45, 7) is 2.89. The van der Waals surface area contributed by atoms with Crippen molar-refractivity contribution in [2.24, 2.45) is 0 Å². The van der Waals surface area contributed by atoms with Gasteiger partial charge in [-0.05, 0) is 60.9 Å². The molecule has 0 radical (unpaired) electrons. The van der Waals surface area contributed by atoms with E-state index in [9.17, 15) is 4.79 Å². The molecule has 0 amide bonds. The predicted molar refractivity (Wildman–Crippen MR) is 79.8 cm³/mol. The summed E-state index contributed by atoms with van der Waals surface area (Å²) in [5.41, 5.74) is 4.79. The zero-order chi connectivity index (χ0) is 14.1. The van der Waals surface area contributed by atoms with Crippen LogP contribution in [-0.4, -0.2) is 19.4 Å². The van der Waals surface area contributed by atoms with E-state index in [1.807, 2.05) is 43.3 Å². The van der Waals surface area contributed by atoms with Gasteiger partial charge in [-0.15, -0.1) is 0 Å². The van der Waals surface area contributed by atoms with Crippen molar-refractivity contribution in [3.05, 3.63) is 58.7 Å². The number of hydrogen-bond donors (Lipinski definition) is 1. The van der Waals surface area contributed by atoms with E-state index in [0.29, 0.717) is 0 Å². The van der Waals surface area contributed by atoms with Crippen molar-refractivity contribution in [2.75, 3.05) is 19.0 Å². The van der Waals surface area contributed by atoms with Crippen molar-refractivity contribution in [2.45, 2.75) is 13.3 Å². The summed E-state index contributed by atoms with van der Waals surface area (Å²) in [6, 6.07) is 11.4. The minimum atomic E-state index is 0.0693. The first kappa shape index (κ1) is 12.7. The molecule has 0 spiro atoms. The largest absolute Gasteiger partial charge is 0.497 e. The van der Waals surface area contributed by atoms with Crippen LogP contribution < -0.4 is 10.1 Å². The molecule has 0 saturated carbocycles. The van der Waals surface area contributed by atoms with Crippen LogP contribution in [0.3, 0.4) is 0 Å². The molecule has 0 fully saturated rings. The van der Waals surface area contributed by atoms with Crippen molar-refractivity contribution in [1.82, 2.24) is 0 Å². The van der Waals surface area contributed by atoms with Gasteiger partial charge < -0.3 is 10.1 Å². The summed E-state index contributed by atoms with van der Waals surface area (Å²) < 4.78 is 5.18. The molecule has 1 heterocycles. The van der Waals surface area contributed by atoms with Crippen LogP contribution in [0.4, 0.5) is 5.69 Å². The number of hydrogen-bond acceptors (Lipinski definition) is 3. The number of carbonyl (C=O) groups excluding carboxylic acids is 1. The number of anilines is 1. The fourth-order valence-electron chi connectivity index (χ4n) is 2.62. The second-order valence-electron chi connectivity index (χ2n) is 5.06. The molecular weight excluding hydrogens is 250 g/mol. The van der Waals surface area contributed by atoms with Crippen LogP contribution in [0.5, 0.6) is 5.75 Å². The molecule has 0 aromatic heterocycles. The van der Waals surface area contributed by atoms with E-state index in [-0.39, 0.29) is 5.78 Å². The highest BCUT2D eigenvalue weighted by Crippen LogP contribution is 2.25. The van der Waals surface area contributed by atoms with E-state index in [0.717, 1.165) is 41.1 Å². The predicted octanol–water partition coefficient (Wildman–Crippen LogP) is 3.20. The Hall–Kier alpha value is -2.29. The second-order valence-corrected chi connectivity index (χ2v) is 5.06. The van der Waals surface area contributed by atoms with Gasteiger partial charge in [0.2, 0.25) is 0 Å². The lowest BCUT2D eigenvalue weighted by Gasteiger charge is -2.08.